The van der Waals surface area contributed by atoms with Gasteiger partial charge in [0.2, 0.25) is 0 Å². The van der Waals surface area contributed by atoms with Crippen molar-refractivity contribution < 1.29 is 9.53 Å². The standard InChI is InChI=1S/C30H29N5O2/c1-21-9-8-14-27(22(21)2)34-15-17-35(18-16-34)29-28(32-25-12-6-7-13-26(25)33-29)24(19-31)30(36)37-20-23-10-4-3-5-11-23/h3-14,24H,15-18,20H2,1-2H3. The average Bonchev–Trinajstić information content (AvgIpc) is 2.94. The Morgan fingerprint density at radius 3 is 2.24 bits per heavy atom. The monoisotopic (exact) mass is 491 g/mol. The van der Waals surface area contributed by atoms with E-state index in [1.165, 1.54) is 16.8 Å². The molecule has 0 amide bonds. The zero-order chi connectivity index (χ0) is 25.8. The molecular formula is C30H29N5O2. The second-order valence-corrected chi connectivity index (χ2v) is 9.27. The molecule has 37 heavy (non-hydrogen) atoms. The Morgan fingerprint density at radius 2 is 1.54 bits per heavy atom. The fourth-order valence-corrected chi connectivity index (χ4v) is 4.71. The largest absolute Gasteiger partial charge is 0.460 e. The van der Waals surface area contributed by atoms with Gasteiger partial charge in [-0.3, -0.25) is 4.79 Å². The number of aromatic nitrogens is 2. The van der Waals surface area contributed by atoms with E-state index in [1.807, 2.05) is 54.6 Å². The van der Waals surface area contributed by atoms with Crippen LogP contribution in [-0.2, 0) is 16.1 Å². The van der Waals surface area contributed by atoms with Crippen LogP contribution in [-0.4, -0.2) is 42.1 Å². The topological polar surface area (TPSA) is 82.4 Å². The predicted molar refractivity (Wildman–Crippen MR) is 144 cm³/mol. The number of para-hydroxylation sites is 2. The number of hydrogen-bond acceptors (Lipinski definition) is 7. The van der Waals surface area contributed by atoms with Crippen molar-refractivity contribution in [1.29, 1.82) is 5.26 Å². The van der Waals surface area contributed by atoms with Gasteiger partial charge in [0, 0.05) is 31.9 Å². The minimum absolute atomic E-state index is 0.0999. The smallest absolute Gasteiger partial charge is 0.330 e. The van der Waals surface area contributed by atoms with Crippen molar-refractivity contribution in [2.75, 3.05) is 36.0 Å². The molecule has 0 radical (unpaired) electrons. The molecule has 4 aromatic rings. The van der Waals surface area contributed by atoms with Gasteiger partial charge in [-0.25, -0.2) is 9.97 Å². The Labute approximate surface area is 216 Å². The number of nitrogens with zero attached hydrogens (tertiary/aromatic N) is 5. The third kappa shape index (κ3) is 5.10. The number of fused-ring (bicyclic) bond motifs is 1. The van der Waals surface area contributed by atoms with E-state index < -0.39 is 11.9 Å². The van der Waals surface area contributed by atoms with E-state index in [0.29, 0.717) is 30.1 Å². The van der Waals surface area contributed by atoms with Crippen LogP contribution in [0.15, 0.2) is 72.8 Å². The van der Waals surface area contributed by atoms with Crippen molar-refractivity contribution >= 4 is 28.5 Å². The molecule has 1 unspecified atom stereocenters. The molecule has 7 nitrogen and oxygen atoms in total. The molecule has 3 aromatic carbocycles. The summed E-state index contributed by atoms with van der Waals surface area (Å²) in [5.74, 6) is -1.22. The summed E-state index contributed by atoms with van der Waals surface area (Å²) < 4.78 is 5.53. The maximum atomic E-state index is 13.1. The van der Waals surface area contributed by atoms with Crippen molar-refractivity contribution in [3.8, 4) is 6.07 Å². The fourth-order valence-electron chi connectivity index (χ4n) is 4.71. The number of carbonyl (C=O) groups excluding carboxylic acids is 1. The third-order valence-electron chi connectivity index (χ3n) is 6.94. The second-order valence-electron chi connectivity index (χ2n) is 9.27. The van der Waals surface area contributed by atoms with Crippen molar-refractivity contribution in [2.24, 2.45) is 0 Å². The van der Waals surface area contributed by atoms with Gasteiger partial charge < -0.3 is 14.5 Å². The van der Waals surface area contributed by atoms with Crippen molar-refractivity contribution in [3.63, 3.8) is 0 Å². The van der Waals surface area contributed by atoms with Gasteiger partial charge in [0.1, 0.15) is 12.3 Å². The van der Waals surface area contributed by atoms with Crippen molar-refractivity contribution in [2.45, 2.75) is 26.4 Å². The maximum absolute atomic E-state index is 13.1. The van der Waals surface area contributed by atoms with Gasteiger partial charge in [-0.1, -0.05) is 54.6 Å². The number of aryl methyl sites for hydroxylation is 1. The first-order chi connectivity index (χ1) is 18.0. The van der Waals surface area contributed by atoms with Gasteiger partial charge in [-0.2, -0.15) is 5.26 Å². The van der Waals surface area contributed by atoms with Crippen LogP contribution >= 0.6 is 0 Å². The Kier molecular flexibility index (Phi) is 7.00. The van der Waals surface area contributed by atoms with E-state index in [1.54, 1.807) is 0 Å². The molecule has 1 aromatic heterocycles. The lowest BCUT2D eigenvalue weighted by Crippen LogP contribution is -2.47. The van der Waals surface area contributed by atoms with E-state index in [9.17, 15) is 10.1 Å². The minimum atomic E-state index is -1.17. The molecule has 0 aliphatic carbocycles. The van der Waals surface area contributed by atoms with Gasteiger partial charge in [0.25, 0.3) is 0 Å². The zero-order valence-corrected chi connectivity index (χ0v) is 21.1. The van der Waals surface area contributed by atoms with Gasteiger partial charge in [0.05, 0.1) is 17.1 Å². The highest BCUT2D eigenvalue weighted by molar-refractivity contribution is 5.85. The van der Waals surface area contributed by atoms with Crippen LogP contribution in [0.4, 0.5) is 11.5 Å². The number of carbonyl (C=O) groups is 1. The van der Waals surface area contributed by atoms with Crippen LogP contribution in [0.3, 0.4) is 0 Å². The molecule has 0 saturated carbocycles. The van der Waals surface area contributed by atoms with Gasteiger partial charge in [-0.15, -0.1) is 0 Å². The molecule has 1 saturated heterocycles. The number of piperazine rings is 1. The van der Waals surface area contributed by atoms with Gasteiger partial charge in [-0.05, 0) is 48.7 Å². The number of hydrogen-bond donors (Lipinski definition) is 0. The highest BCUT2D eigenvalue weighted by Crippen LogP contribution is 2.30. The number of ether oxygens (including phenoxy) is 1. The van der Waals surface area contributed by atoms with E-state index in [2.05, 4.69) is 47.9 Å². The number of rotatable bonds is 6. The number of anilines is 2. The first kappa shape index (κ1) is 24.3. The van der Waals surface area contributed by atoms with Crippen LogP contribution in [0.1, 0.15) is 28.3 Å². The Morgan fingerprint density at radius 1 is 0.892 bits per heavy atom. The van der Waals surface area contributed by atoms with Gasteiger partial charge >= 0.3 is 5.97 Å². The summed E-state index contributed by atoms with van der Waals surface area (Å²) in [5, 5.41) is 10.0. The number of nitriles is 1. The van der Waals surface area contributed by atoms with Crippen LogP contribution in [0, 0.1) is 25.2 Å². The molecule has 1 atom stereocenters. The first-order valence-corrected chi connectivity index (χ1v) is 12.5. The number of esters is 1. The summed E-state index contributed by atoms with van der Waals surface area (Å²) in [7, 11) is 0. The molecule has 1 aliphatic heterocycles. The lowest BCUT2D eigenvalue weighted by atomic mass is 10.0. The molecular weight excluding hydrogens is 462 g/mol. The predicted octanol–water partition coefficient (Wildman–Crippen LogP) is 4.92. The summed E-state index contributed by atoms with van der Waals surface area (Å²) in [6.45, 7) is 7.38. The lowest BCUT2D eigenvalue weighted by Gasteiger charge is -2.38. The molecule has 0 spiro atoms. The first-order valence-electron chi connectivity index (χ1n) is 12.5. The summed E-state index contributed by atoms with van der Waals surface area (Å²) in [4.78, 5) is 27.2. The molecule has 7 heteroatoms. The van der Waals surface area contributed by atoms with E-state index in [-0.39, 0.29) is 6.61 Å². The van der Waals surface area contributed by atoms with Crippen LogP contribution in [0.2, 0.25) is 0 Å². The maximum Gasteiger partial charge on any atom is 0.330 e. The third-order valence-corrected chi connectivity index (χ3v) is 6.94. The Balaban J connectivity index is 1.42. The van der Waals surface area contributed by atoms with Gasteiger partial charge in [0.15, 0.2) is 11.7 Å². The normalized spacial score (nSPS) is 14.3. The molecule has 1 fully saturated rings. The van der Waals surface area contributed by atoms with E-state index >= 15 is 0 Å². The molecule has 2 heterocycles. The number of benzene rings is 3. The Hall–Kier alpha value is -4.44. The summed E-state index contributed by atoms with van der Waals surface area (Å²) in [6, 6.07) is 25.5. The fraction of sp³-hybridized carbons (Fsp3) is 0.267. The molecule has 0 bridgehead atoms. The van der Waals surface area contributed by atoms with Crippen LogP contribution < -0.4 is 9.80 Å². The molecule has 1 aliphatic rings. The lowest BCUT2D eigenvalue weighted by molar-refractivity contribution is -0.145. The summed E-state index contributed by atoms with van der Waals surface area (Å²) in [5.41, 5.74) is 6.38. The second kappa shape index (κ2) is 10.7. The highest BCUT2D eigenvalue weighted by atomic mass is 16.5. The SMILES string of the molecule is Cc1cccc(N2CCN(c3nc4ccccc4nc3C(C#N)C(=O)OCc3ccccc3)CC2)c1C. The molecule has 186 valence electrons. The van der Waals surface area contributed by atoms with E-state index in [4.69, 9.17) is 14.7 Å². The summed E-state index contributed by atoms with van der Waals surface area (Å²) >= 11 is 0. The van der Waals surface area contributed by atoms with Crippen LogP contribution in [0.5, 0.6) is 0 Å². The average molecular weight is 492 g/mol. The highest BCUT2D eigenvalue weighted by Gasteiger charge is 2.31. The van der Waals surface area contributed by atoms with Crippen LogP contribution in [0.25, 0.3) is 11.0 Å². The molecule has 0 N–H and O–H groups in total. The zero-order valence-electron chi connectivity index (χ0n) is 21.1. The van der Waals surface area contributed by atoms with E-state index in [0.717, 1.165) is 24.2 Å². The quantitative estimate of drug-likeness (QED) is 0.354. The Bertz CT molecular complexity index is 1460. The van der Waals surface area contributed by atoms with Crippen molar-refractivity contribution in [1.82, 2.24) is 9.97 Å². The van der Waals surface area contributed by atoms with Crippen molar-refractivity contribution in [3.05, 3.63) is 95.2 Å². The minimum Gasteiger partial charge on any atom is -0.460 e. The molecule has 5 rings (SSSR count). The summed E-state index contributed by atoms with van der Waals surface area (Å²) in [6.07, 6.45) is 0.